The van der Waals surface area contributed by atoms with Crippen LogP contribution in [0.1, 0.15) is 23.6 Å². The molecular weight excluding hydrogens is 244 g/mol. The molecule has 1 atom stereocenters. The molecule has 2 N–H and O–H groups in total. The van der Waals surface area contributed by atoms with Crippen molar-refractivity contribution in [3.8, 4) is 0 Å². The van der Waals surface area contributed by atoms with Crippen LogP contribution >= 0.6 is 0 Å². The number of hydrogen-bond acceptors (Lipinski definition) is 1. The molecule has 100 valence electrons. The molecule has 3 heteroatoms. The molecule has 2 aromatic carbocycles. The molecule has 0 radical (unpaired) electrons. The molecule has 1 unspecified atom stereocenters. The molecule has 0 aliphatic heterocycles. The van der Waals surface area contributed by atoms with Gasteiger partial charge in [-0.25, -0.2) is 8.78 Å². The summed E-state index contributed by atoms with van der Waals surface area (Å²) in [5.74, 6) is -0.596. The fourth-order valence-corrected chi connectivity index (χ4v) is 2.38. The predicted octanol–water partition coefficient (Wildman–Crippen LogP) is 3.69. The van der Waals surface area contributed by atoms with Gasteiger partial charge in [-0.2, -0.15) is 0 Å². The molecular formula is C16H17F2N. The summed E-state index contributed by atoms with van der Waals surface area (Å²) in [7, 11) is 0. The SMILES string of the molecule is Cc1ccc(F)cc1C(C)(N)Cc1cccc(F)c1. The lowest BCUT2D eigenvalue weighted by atomic mass is 9.84. The number of benzene rings is 2. The standard InChI is InChI=1S/C16H17F2N/c1-11-6-7-14(18)9-15(11)16(2,19)10-12-4-3-5-13(17)8-12/h3-9H,10,19H2,1-2H3. The lowest BCUT2D eigenvalue weighted by Gasteiger charge is -2.27. The van der Waals surface area contributed by atoms with Crippen LogP contribution in [-0.2, 0) is 12.0 Å². The van der Waals surface area contributed by atoms with Gasteiger partial charge in [-0.3, -0.25) is 0 Å². The Morgan fingerprint density at radius 2 is 1.74 bits per heavy atom. The maximum Gasteiger partial charge on any atom is 0.123 e. The average Bonchev–Trinajstić information content (AvgIpc) is 2.31. The largest absolute Gasteiger partial charge is 0.321 e. The molecule has 0 aromatic heterocycles. The van der Waals surface area contributed by atoms with E-state index in [2.05, 4.69) is 0 Å². The average molecular weight is 261 g/mol. The van der Waals surface area contributed by atoms with Crippen molar-refractivity contribution in [1.29, 1.82) is 0 Å². The van der Waals surface area contributed by atoms with E-state index in [1.54, 1.807) is 12.1 Å². The van der Waals surface area contributed by atoms with E-state index in [0.717, 1.165) is 16.7 Å². The van der Waals surface area contributed by atoms with Gasteiger partial charge in [-0.1, -0.05) is 18.2 Å². The maximum absolute atomic E-state index is 13.4. The first-order valence-electron chi connectivity index (χ1n) is 6.18. The summed E-state index contributed by atoms with van der Waals surface area (Å²) in [4.78, 5) is 0. The first kappa shape index (κ1) is 13.7. The molecule has 2 rings (SSSR count). The van der Waals surface area contributed by atoms with Crippen molar-refractivity contribution >= 4 is 0 Å². The van der Waals surface area contributed by atoms with Crippen LogP contribution in [0.25, 0.3) is 0 Å². The molecule has 0 saturated heterocycles. The van der Waals surface area contributed by atoms with Crippen molar-refractivity contribution in [3.63, 3.8) is 0 Å². The Balaban J connectivity index is 2.34. The molecule has 0 spiro atoms. The molecule has 19 heavy (non-hydrogen) atoms. The summed E-state index contributed by atoms with van der Waals surface area (Å²) >= 11 is 0. The molecule has 0 saturated carbocycles. The molecule has 0 aliphatic carbocycles. The van der Waals surface area contributed by atoms with Crippen molar-refractivity contribution in [2.24, 2.45) is 5.73 Å². The van der Waals surface area contributed by atoms with Gasteiger partial charge in [-0.05, 0) is 61.2 Å². The van der Waals surface area contributed by atoms with Crippen molar-refractivity contribution in [1.82, 2.24) is 0 Å². The van der Waals surface area contributed by atoms with Crippen LogP contribution < -0.4 is 5.73 Å². The Morgan fingerprint density at radius 1 is 1.05 bits per heavy atom. The summed E-state index contributed by atoms with van der Waals surface area (Å²) < 4.78 is 26.6. The minimum absolute atomic E-state index is 0.288. The Kier molecular flexibility index (Phi) is 3.67. The zero-order valence-electron chi connectivity index (χ0n) is 11.1. The predicted molar refractivity (Wildman–Crippen MR) is 72.8 cm³/mol. The fourth-order valence-electron chi connectivity index (χ4n) is 2.38. The first-order valence-corrected chi connectivity index (χ1v) is 6.18. The van der Waals surface area contributed by atoms with Gasteiger partial charge in [-0.15, -0.1) is 0 Å². The Morgan fingerprint density at radius 3 is 2.42 bits per heavy atom. The topological polar surface area (TPSA) is 26.0 Å². The van der Waals surface area contributed by atoms with E-state index in [4.69, 9.17) is 5.73 Å². The normalized spacial score (nSPS) is 14.2. The van der Waals surface area contributed by atoms with Crippen molar-refractivity contribution in [2.75, 3.05) is 0 Å². The molecule has 0 aliphatic rings. The third-order valence-electron chi connectivity index (χ3n) is 3.28. The number of halogens is 2. The van der Waals surface area contributed by atoms with Gasteiger partial charge in [0.1, 0.15) is 11.6 Å². The fraction of sp³-hybridized carbons (Fsp3) is 0.250. The van der Waals surface area contributed by atoms with Gasteiger partial charge < -0.3 is 5.73 Å². The Hall–Kier alpha value is -1.74. The van der Waals surface area contributed by atoms with Crippen LogP contribution in [0.15, 0.2) is 42.5 Å². The van der Waals surface area contributed by atoms with E-state index in [0.29, 0.717) is 6.42 Å². The highest BCUT2D eigenvalue weighted by Gasteiger charge is 2.24. The monoisotopic (exact) mass is 261 g/mol. The first-order chi connectivity index (χ1) is 8.88. The van der Waals surface area contributed by atoms with E-state index in [1.807, 2.05) is 19.9 Å². The lowest BCUT2D eigenvalue weighted by Crippen LogP contribution is -2.36. The molecule has 2 aromatic rings. The van der Waals surface area contributed by atoms with E-state index >= 15 is 0 Å². The quantitative estimate of drug-likeness (QED) is 0.896. The van der Waals surface area contributed by atoms with Gasteiger partial charge in [0.05, 0.1) is 0 Å². The molecule has 0 heterocycles. The Bertz CT molecular complexity index is 591. The van der Waals surface area contributed by atoms with Crippen molar-refractivity contribution in [3.05, 3.63) is 70.8 Å². The van der Waals surface area contributed by atoms with E-state index in [-0.39, 0.29) is 11.6 Å². The molecule has 0 fully saturated rings. The van der Waals surface area contributed by atoms with Crippen LogP contribution in [0.5, 0.6) is 0 Å². The maximum atomic E-state index is 13.4. The van der Waals surface area contributed by atoms with Crippen molar-refractivity contribution < 1.29 is 8.78 Å². The lowest BCUT2D eigenvalue weighted by molar-refractivity contribution is 0.481. The summed E-state index contributed by atoms with van der Waals surface area (Å²) in [5.41, 5.74) is 8.04. The van der Waals surface area contributed by atoms with Gasteiger partial charge in [0.25, 0.3) is 0 Å². The van der Waals surface area contributed by atoms with Gasteiger partial charge in [0.2, 0.25) is 0 Å². The van der Waals surface area contributed by atoms with E-state index in [1.165, 1.54) is 24.3 Å². The second-order valence-electron chi connectivity index (χ2n) is 5.18. The zero-order valence-corrected chi connectivity index (χ0v) is 11.1. The number of aryl methyl sites for hydroxylation is 1. The van der Waals surface area contributed by atoms with Crippen LogP contribution in [0, 0.1) is 18.6 Å². The summed E-state index contributed by atoms with van der Waals surface area (Å²) in [6.07, 6.45) is 0.453. The van der Waals surface area contributed by atoms with Crippen LogP contribution in [0.2, 0.25) is 0 Å². The summed E-state index contributed by atoms with van der Waals surface area (Å²) in [6, 6.07) is 10.9. The van der Waals surface area contributed by atoms with Gasteiger partial charge >= 0.3 is 0 Å². The minimum atomic E-state index is -0.736. The van der Waals surface area contributed by atoms with Crippen LogP contribution in [0.3, 0.4) is 0 Å². The highest BCUT2D eigenvalue weighted by Crippen LogP contribution is 2.26. The van der Waals surface area contributed by atoms with E-state index < -0.39 is 5.54 Å². The second-order valence-corrected chi connectivity index (χ2v) is 5.18. The molecule has 0 bridgehead atoms. The van der Waals surface area contributed by atoms with Gasteiger partial charge in [0.15, 0.2) is 0 Å². The van der Waals surface area contributed by atoms with Crippen LogP contribution in [0.4, 0.5) is 8.78 Å². The third kappa shape index (κ3) is 3.18. The van der Waals surface area contributed by atoms with Crippen molar-refractivity contribution in [2.45, 2.75) is 25.8 Å². The zero-order chi connectivity index (χ0) is 14.0. The Labute approximate surface area is 112 Å². The van der Waals surface area contributed by atoms with E-state index in [9.17, 15) is 8.78 Å². The highest BCUT2D eigenvalue weighted by molar-refractivity contribution is 5.34. The smallest absolute Gasteiger partial charge is 0.123 e. The number of nitrogens with two attached hydrogens (primary N) is 1. The van der Waals surface area contributed by atoms with Crippen LogP contribution in [-0.4, -0.2) is 0 Å². The number of hydrogen-bond donors (Lipinski definition) is 1. The number of rotatable bonds is 3. The minimum Gasteiger partial charge on any atom is -0.321 e. The molecule has 0 amide bonds. The highest BCUT2D eigenvalue weighted by atomic mass is 19.1. The third-order valence-corrected chi connectivity index (χ3v) is 3.28. The summed E-state index contributed by atoms with van der Waals surface area (Å²) in [6.45, 7) is 3.73. The second kappa shape index (κ2) is 5.10. The van der Waals surface area contributed by atoms with Gasteiger partial charge in [0, 0.05) is 5.54 Å². The summed E-state index contributed by atoms with van der Waals surface area (Å²) in [5, 5.41) is 0. The molecule has 1 nitrogen and oxygen atoms in total.